The molecule has 0 fully saturated rings. The van der Waals surface area contributed by atoms with Gasteiger partial charge in [-0.05, 0) is 18.9 Å². The Morgan fingerprint density at radius 1 is 1.41 bits per heavy atom. The van der Waals surface area contributed by atoms with Crippen LogP contribution in [-0.4, -0.2) is 25.5 Å². The van der Waals surface area contributed by atoms with Crippen LogP contribution in [0.5, 0.6) is 0 Å². The highest BCUT2D eigenvalue weighted by molar-refractivity contribution is 7.18. The first kappa shape index (κ1) is 13.5. The molecule has 3 N–H and O–H groups in total. The number of methoxy groups -OCH3 is 1. The molecule has 0 spiro atoms. The minimum atomic E-state index is -0.450. The van der Waals surface area contributed by atoms with Gasteiger partial charge in [-0.15, -0.1) is 11.3 Å². The largest absolute Gasteiger partial charge is 0.465 e. The van der Waals surface area contributed by atoms with E-state index < -0.39 is 5.97 Å². The van der Waals surface area contributed by atoms with Crippen LogP contribution in [0, 0.1) is 0 Å². The van der Waals surface area contributed by atoms with Gasteiger partial charge in [0.25, 0.3) is 5.91 Å². The Hall–Kier alpha value is -1.56. The normalized spacial score (nSPS) is 10.1. The third-order valence-corrected chi connectivity index (χ3v) is 3.36. The van der Waals surface area contributed by atoms with Gasteiger partial charge in [0, 0.05) is 6.54 Å². The van der Waals surface area contributed by atoms with Crippen molar-refractivity contribution in [2.75, 3.05) is 19.4 Å². The van der Waals surface area contributed by atoms with Crippen molar-refractivity contribution in [1.82, 2.24) is 5.32 Å². The standard InChI is InChI=1S/C11H16N2O3S/c1-4-6-7(10(14)13-5-2)9(12)17-8(6)11(15)16-3/h4-5,12H2,1-3H3,(H,13,14). The number of nitrogens with two attached hydrogens (primary N) is 1. The minimum Gasteiger partial charge on any atom is -0.465 e. The van der Waals surface area contributed by atoms with E-state index in [2.05, 4.69) is 10.1 Å². The highest BCUT2D eigenvalue weighted by Gasteiger charge is 2.24. The fourth-order valence-corrected chi connectivity index (χ4v) is 2.65. The predicted molar refractivity (Wildman–Crippen MR) is 67.5 cm³/mol. The average molecular weight is 256 g/mol. The number of thiophene rings is 1. The Bertz CT molecular complexity index is 440. The summed E-state index contributed by atoms with van der Waals surface area (Å²) in [6.45, 7) is 4.22. The van der Waals surface area contributed by atoms with Crippen molar-refractivity contribution in [3.05, 3.63) is 16.0 Å². The second-order valence-corrected chi connectivity index (χ2v) is 4.41. The Balaban J connectivity index is 3.26. The van der Waals surface area contributed by atoms with Gasteiger partial charge in [0.15, 0.2) is 0 Å². The van der Waals surface area contributed by atoms with E-state index in [9.17, 15) is 9.59 Å². The molecule has 94 valence electrons. The van der Waals surface area contributed by atoms with Crippen molar-refractivity contribution in [2.24, 2.45) is 0 Å². The van der Waals surface area contributed by atoms with Crippen molar-refractivity contribution in [3.8, 4) is 0 Å². The Morgan fingerprint density at radius 3 is 2.53 bits per heavy atom. The second-order valence-electron chi connectivity index (χ2n) is 3.35. The van der Waals surface area contributed by atoms with Crippen molar-refractivity contribution < 1.29 is 14.3 Å². The molecule has 0 aliphatic rings. The lowest BCUT2D eigenvalue weighted by Gasteiger charge is -2.05. The fourth-order valence-electron chi connectivity index (χ4n) is 1.58. The van der Waals surface area contributed by atoms with E-state index in [4.69, 9.17) is 5.73 Å². The molecule has 6 heteroatoms. The summed E-state index contributed by atoms with van der Waals surface area (Å²) in [6, 6.07) is 0. The van der Waals surface area contributed by atoms with Gasteiger partial charge in [-0.1, -0.05) is 6.92 Å². The molecule has 0 aliphatic carbocycles. The van der Waals surface area contributed by atoms with Crippen LogP contribution in [0.25, 0.3) is 0 Å². The van der Waals surface area contributed by atoms with Gasteiger partial charge in [0.1, 0.15) is 4.88 Å². The summed E-state index contributed by atoms with van der Waals surface area (Å²) in [6.07, 6.45) is 0.560. The lowest BCUT2D eigenvalue weighted by atomic mass is 10.1. The lowest BCUT2D eigenvalue weighted by Crippen LogP contribution is -2.24. The summed E-state index contributed by atoms with van der Waals surface area (Å²) in [7, 11) is 1.31. The molecule has 1 rings (SSSR count). The molecule has 5 nitrogen and oxygen atoms in total. The molecular formula is C11H16N2O3S. The van der Waals surface area contributed by atoms with Crippen LogP contribution >= 0.6 is 11.3 Å². The Labute approximate surface area is 104 Å². The van der Waals surface area contributed by atoms with Gasteiger partial charge >= 0.3 is 5.97 Å². The van der Waals surface area contributed by atoms with Crippen molar-refractivity contribution in [3.63, 3.8) is 0 Å². The number of hydrogen-bond donors (Lipinski definition) is 2. The van der Waals surface area contributed by atoms with E-state index in [-0.39, 0.29) is 5.91 Å². The van der Waals surface area contributed by atoms with E-state index >= 15 is 0 Å². The summed E-state index contributed by atoms with van der Waals surface area (Å²) < 4.78 is 4.67. The number of nitrogen functional groups attached to an aromatic ring is 1. The van der Waals surface area contributed by atoms with Crippen LogP contribution in [0.3, 0.4) is 0 Å². The summed E-state index contributed by atoms with van der Waals surface area (Å²) in [4.78, 5) is 23.8. The maximum absolute atomic E-state index is 11.8. The first-order chi connectivity index (χ1) is 8.06. The summed E-state index contributed by atoms with van der Waals surface area (Å²) in [5.74, 6) is -0.692. The molecule has 0 atom stereocenters. The molecule has 0 saturated heterocycles. The summed E-state index contributed by atoms with van der Waals surface area (Å²) in [5.41, 5.74) is 6.85. The zero-order chi connectivity index (χ0) is 13.0. The zero-order valence-electron chi connectivity index (χ0n) is 10.1. The first-order valence-electron chi connectivity index (χ1n) is 5.34. The maximum atomic E-state index is 11.8. The van der Waals surface area contributed by atoms with E-state index in [1.807, 2.05) is 13.8 Å². The quantitative estimate of drug-likeness (QED) is 0.798. The molecule has 1 heterocycles. The monoisotopic (exact) mass is 256 g/mol. The van der Waals surface area contributed by atoms with Crippen LogP contribution < -0.4 is 11.1 Å². The van der Waals surface area contributed by atoms with Gasteiger partial charge in [-0.2, -0.15) is 0 Å². The number of ether oxygens (including phenoxy) is 1. The SMILES string of the molecule is CCNC(=O)c1c(N)sc(C(=O)OC)c1CC. The van der Waals surface area contributed by atoms with Gasteiger partial charge in [0.05, 0.1) is 17.7 Å². The first-order valence-corrected chi connectivity index (χ1v) is 6.16. The van der Waals surface area contributed by atoms with E-state index in [1.54, 1.807) is 0 Å². The van der Waals surface area contributed by atoms with E-state index in [1.165, 1.54) is 7.11 Å². The Kier molecular flexibility index (Phi) is 4.51. The Morgan fingerprint density at radius 2 is 2.06 bits per heavy atom. The molecule has 17 heavy (non-hydrogen) atoms. The number of esters is 1. The number of hydrogen-bond acceptors (Lipinski definition) is 5. The third kappa shape index (κ3) is 2.58. The molecular weight excluding hydrogens is 240 g/mol. The molecule has 0 bridgehead atoms. The number of nitrogens with one attached hydrogen (secondary N) is 1. The van der Waals surface area contributed by atoms with Gasteiger partial charge in [0.2, 0.25) is 0 Å². The molecule has 0 aromatic carbocycles. The van der Waals surface area contributed by atoms with Crippen LogP contribution in [0.15, 0.2) is 0 Å². The smallest absolute Gasteiger partial charge is 0.348 e. The van der Waals surface area contributed by atoms with Crippen LogP contribution in [0.4, 0.5) is 5.00 Å². The summed E-state index contributed by atoms with van der Waals surface area (Å²) in [5, 5.41) is 3.04. The highest BCUT2D eigenvalue weighted by Crippen LogP contribution is 2.32. The van der Waals surface area contributed by atoms with Gasteiger partial charge in [-0.25, -0.2) is 4.79 Å². The minimum absolute atomic E-state index is 0.242. The maximum Gasteiger partial charge on any atom is 0.348 e. The molecule has 0 unspecified atom stereocenters. The number of anilines is 1. The molecule has 0 saturated carbocycles. The van der Waals surface area contributed by atoms with Crippen LogP contribution in [-0.2, 0) is 11.2 Å². The van der Waals surface area contributed by atoms with Crippen molar-refractivity contribution >= 4 is 28.2 Å². The number of carbonyl (C=O) groups excluding carboxylic acids is 2. The molecule has 0 radical (unpaired) electrons. The van der Waals surface area contributed by atoms with Gasteiger partial charge < -0.3 is 15.8 Å². The number of carbonyl (C=O) groups is 2. The molecule has 1 aromatic heterocycles. The third-order valence-electron chi connectivity index (χ3n) is 2.32. The van der Waals surface area contributed by atoms with Crippen molar-refractivity contribution in [2.45, 2.75) is 20.3 Å². The lowest BCUT2D eigenvalue weighted by molar-refractivity contribution is 0.0605. The van der Waals surface area contributed by atoms with E-state index in [0.717, 1.165) is 11.3 Å². The molecule has 1 aromatic rings. The fraction of sp³-hybridized carbons (Fsp3) is 0.455. The topological polar surface area (TPSA) is 81.4 Å². The zero-order valence-corrected chi connectivity index (χ0v) is 10.9. The molecule has 0 aliphatic heterocycles. The van der Waals surface area contributed by atoms with Crippen LogP contribution in [0.1, 0.15) is 39.4 Å². The van der Waals surface area contributed by atoms with Crippen molar-refractivity contribution in [1.29, 1.82) is 0 Å². The predicted octanol–water partition coefficient (Wildman–Crippen LogP) is 1.43. The number of amides is 1. The highest BCUT2D eigenvalue weighted by atomic mass is 32.1. The summed E-state index contributed by atoms with van der Waals surface area (Å²) >= 11 is 1.09. The number of rotatable bonds is 4. The van der Waals surface area contributed by atoms with Gasteiger partial charge in [-0.3, -0.25) is 4.79 Å². The second kappa shape index (κ2) is 5.67. The average Bonchev–Trinajstić information content (AvgIpc) is 2.65. The van der Waals surface area contributed by atoms with Crippen LogP contribution in [0.2, 0.25) is 0 Å². The van der Waals surface area contributed by atoms with E-state index in [0.29, 0.717) is 34.0 Å². The molecule has 1 amide bonds.